The molecule has 4 heteroatoms. The van der Waals surface area contributed by atoms with Gasteiger partial charge in [0.1, 0.15) is 11.5 Å². The maximum atomic E-state index is 9.86. The van der Waals surface area contributed by atoms with Gasteiger partial charge in [0.05, 0.1) is 6.61 Å². The summed E-state index contributed by atoms with van der Waals surface area (Å²) in [5.74, 6) is 0.480. The summed E-state index contributed by atoms with van der Waals surface area (Å²) in [5, 5.41) is 32.0. The summed E-state index contributed by atoms with van der Waals surface area (Å²) < 4.78 is 0. The van der Waals surface area contributed by atoms with E-state index in [2.05, 4.69) is 5.32 Å². The van der Waals surface area contributed by atoms with E-state index in [1.54, 1.807) is 24.3 Å². The van der Waals surface area contributed by atoms with Crippen LogP contribution in [0.5, 0.6) is 11.5 Å². The zero-order chi connectivity index (χ0) is 15.2. The van der Waals surface area contributed by atoms with E-state index in [1.165, 1.54) is 0 Å². The number of aromatic hydroxyl groups is 2. The fourth-order valence-corrected chi connectivity index (χ4v) is 2.39. The van der Waals surface area contributed by atoms with Crippen molar-refractivity contribution in [2.45, 2.75) is 25.4 Å². The van der Waals surface area contributed by atoms with Crippen molar-refractivity contribution < 1.29 is 15.3 Å². The molecule has 21 heavy (non-hydrogen) atoms. The van der Waals surface area contributed by atoms with Gasteiger partial charge in [0, 0.05) is 17.6 Å². The fourth-order valence-electron chi connectivity index (χ4n) is 2.39. The van der Waals surface area contributed by atoms with Crippen molar-refractivity contribution in [3.8, 4) is 11.5 Å². The predicted octanol–water partition coefficient (Wildman–Crippen LogP) is 2.35. The van der Waals surface area contributed by atoms with Crippen LogP contribution in [0.1, 0.15) is 24.1 Å². The average molecular weight is 287 g/mol. The van der Waals surface area contributed by atoms with Crippen LogP contribution in [0.4, 0.5) is 0 Å². The van der Waals surface area contributed by atoms with Gasteiger partial charge in [-0.05, 0) is 37.1 Å². The van der Waals surface area contributed by atoms with Crippen molar-refractivity contribution in [1.82, 2.24) is 5.32 Å². The molecule has 0 aliphatic carbocycles. The average Bonchev–Trinajstić information content (AvgIpc) is 2.49. The minimum atomic E-state index is -0.121. The molecule has 0 bridgehead atoms. The van der Waals surface area contributed by atoms with Gasteiger partial charge in [-0.3, -0.25) is 0 Å². The summed E-state index contributed by atoms with van der Waals surface area (Å²) in [6.07, 6.45) is 0.648. The quantitative estimate of drug-likeness (QED) is 0.658. The second-order valence-corrected chi connectivity index (χ2v) is 5.20. The number of phenolic OH excluding ortho intramolecular Hbond substituents is 2. The van der Waals surface area contributed by atoms with Crippen LogP contribution in [-0.4, -0.2) is 28.0 Å². The van der Waals surface area contributed by atoms with Gasteiger partial charge >= 0.3 is 0 Å². The molecule has 2 unspecified atom stereocenters. The Morgan fingerprint density at radius 2 is 1.67 bits per heavy atom. The number of para-hydroxylation sites is 1. The zero-order valence-corrected chi connectivity index (χ0v) is 12.0. The molecule has 4 nitrogen and oxygen atoms in total. The number of aliphatic hydroxyl groups is 1. The van der Waals surface area contributed by atoms with Crippen molar-refractivity contribution in [2.75, 3.05) is 6.61 Å². The number of hydrogen-bond acceptors (Lipinski definition) is 4. The molecular formula is C17H21NO3. The molecule has 0 fully saturated rings. The highest BCUT2D eigenvalue weighted by molar-refractivity contribution is 5.34. The maximum Gasteiger partial charge on any atom is 0.120 e. The molecule has 0 heterocycles. The van der Waals surface area contributed by atoms with Crippen LogP contribution in [0.3, 0.4) is 0 Å². The lowest BCUT2D eigenvalue weighted by molar-refractivity contribution is 0.232. The molecule has 0 saturated heterocycles. The van der Waals surface area contributed by atoms with Gasteiger partial charge in [-0.2, -0.15) is 0 Å². The summed E-state index contributed by atoms with van der Waals surface area (Å²) in [5.41, 5.74) is 1.84. The van der Waals surface area contributed by atoms with Crippen molar-refractivity contribution in [2.24, 2.45) is 0 Å². The number of hydrogen-bond donors (Lipinski definition) is 4. The molecule has 0 aliphatic heterocycles. The first-order valence-electron chi connectivity index (χ1n) is 7.03. The third-order valence-corrected chi connectivity index (χ3v) is 3.53. The molecule has 2 rings (SSSR count). The monoisotopic (exact) mass is 287 g/mol. The van der Waals surface area contributed by atoms with Crippen molar-refractivity contribution in [1.29, 1.82) is 0 Å². The third-order valence-electron chi connectivity index (χ3n) is 3.53. The first-order valence-corrected chi connectivity index (χ1v) is 7.03. The summed E-state index contributed by atoms with van der Waals surface area (Å²) in [7, 11) is 0. The molecule has 0 aromatic heterocycles. The largest absolute Gasteiger partial charge is 0.508 e. The Morgan fingerprint density at radius 1 is 1.00 bits per heavy atom. The van der Waals surface area contributed by atoms with Gasteiger partial charge in [-0.1, -0.05) is 30.3 Å². The predicted molar refractivity (Wildman–Crippen MR) is 82.3 cm³/mol. The van der Waals surface area contributed by atoms with Gasteiger partial charge in [0.2, 0.25) is 0 Å². The molecule has 2 aromatic rings. The van der Waals surface area contributed by atoms with E-state index in [9.17, 15) is 15.3 Å². The minimum absolute atomic E-state index is 0.00118. The lowest BCUT2D eigenvalue weighted by atomic mass is 10.0. The molecule has 4 N–H and O–H groups in total. The molecular weight excluding hydrogens is 266 g/mol. The van der Waals surface area contributed by atoms with Crippen LogP contribution in [0.15, 0.2) is 48.5 Å². The van der Waals surface area contributed by atoms with E-state index in [4.69, 9.17) is 0 Å². The normalized spacial score (nSPS) is 13.8. The van der Waals surface area contributed by atoms with E-state index in [1.807, 2.05) is 31.2 Å². The molecule has 0 spiro atoms. The van der Waals surface area contributed by atoms with E-state index < -0.39 is 0 Å². The Labute approximate surface area is 124 Å². The van der Waals surface area contributed by atoms with Gasteiger partial charge in [-0.15, -0.1) is 0 Å². The van der Waals surface area contributed by atoms with E-state index in [0.29, 0.717) is 6.42 Å². The zero-order valence-electron chi connectivity index (χ0n) is 12.0. The Balaban J connectivity index is 2.02. The molecule has 0 amide bonds. The second kappa shape index (κ2) is 7.11. The molecule has 0 saturated carbocycles. The summed E-state index contributed by atoms with van der Waals surface area (Å²) in [6.45, 7) is 1.95. The standard InChI is InChI=1S/C17H21NO3/c1-12(16-4-2-3-5-17(16)21)18-14(11-19)10-13-6-8-15(20)9-7-13/h2-9,12,14,18-21H,10-11H2,1H3. The second-order valence-electron chi connectivity index (χ2n) is 5.20. The Bertz CT molecular complexity index is 569. The van der Waals surface area contributed by atoms with Crippen molar-refractivity contribution >= 4 is 0 Å². The van der Waals surface area contributed by atoms with E-state index in [-0.39, 0.29) is 30.2 Å². The smallest absolute Gasteiger partial charge is 0.120 e. The van der Waals surface area contributed by atoms with Crippen LogP contribution >= 0.6 is 0 Å². The lowest BCUT2D eigenvalue weighted by Crippen LogP contribution is -2.36. The number of rotatable bonds is 6. The van der Waals surface area contributed by atoms with Crippen molar-refractivity contribution in [3.63, 3.8) is 0 Å². The summed E-state index contributed by atoms with van der Waals surface area (Å²) in [4.78, 5) is 0. The minimum Gasteiger partial charge on any atom is -0.508 e. The summed E-state index contributed by atoms with van der Waals surface area (Å²) >= 11 is 0. The first-order chi connectivity index (χ1) is 10.1. The number of nitrogens with one attached hydrogen (secondary N) is 1. The highest BCUT2D eigenvalue weighted by Crippen LogP contribution is 2.23. The molecule has 2 atom stereocenters. The molecule has 2 aromatic carbocycles. The maximum absolute atomic E-state index is 9.86. The first kappa shape index (κ1) is 15.4. The highest BCUT2D eigenvalue weighted by Gasteiger charge is 2.15. The van der Waals surface area contributed by atoms with Crippen LogP contribution < -0.4 is 5.32 Å². The van der Waals surface area contributed by atoms with Crippen LogP contribution in [-0.2, 0) is 6.42 Å². The van der Waals surface area contributed by atoms with Crippen LogP contribution in [0.25, 0.3) is 0 Å². The lowest BCUT2D eigenvalue weighted by Gasteiger charge is -2.22. The molecule has 0 radical (unpaired) electrons. The van der Waals surface area contributed by atoms with Gasteiger partial charge < -0.3 is 20.6 Å². The Kier molecular flexibility index (Phi) is 5.20. The third kappa shape index (κ3) is 4.21. The van der Waals surface area contributed by atoms with Gasteiger partial charge in [0.25, 0.3) is 0 Å². The van der Waals surface area contributed by atoms with E-state index >= 15 is 0 Å². The van der Waals surface area contributed by atoms with Crippen molar-refractivity contribution in [3.05, 3.63) is 59.7 Å². The summed E-state index contributed by atoms with van der Waals surface area (Å²) in [6, 6.07) is 13.9. The molecule has 112 valence electrons. The van der Waals surface area contributed by atoms with Crippen LogP contribution in [0.2, 0.25) is 0 Å². The van der Waals surface area contributed by atoms with E-state index in [0.717, 1.165) is 11.1 Å². The van der Waals surface area contributed by atoms with Gasteiger partial charge in [-0.25, -0.2) is 0 Å². The fraction of sp³-hybridized carbons (Fsp3) is 0.294. The number of aliphatic hydroxyl groups excluding tert-OH is 1. The Morgan fingerprint density at radius 3 is 2.29 bits per heavy atom. The highest BCUT2D eigenvalue weighted by atomic mass is 16.3. The van der Waals surface area contributed by atoms with Gasteiger partial charge in [0.15, 0.2) is 0 Å². The topological polar surface area (TPSA) is 72.7 Å². The number of phenols is 2. The van der Waals surface area contributed by atoms with Crippen LogP contribution in [0, 0.1) is 0 Å². The molecule has 0 aliphatic rings. The SMILES string of the molecule is CC(NC(CO)Cc1ccc(O)cc1)c1ccccc1O. The number of benzene rings is 2. The Hall–Kier alpha value is -2.04.